The lowest BCUT2D eigenvalue weighted by Crippen LogP contribution is -2.21. The minimum atomic E-state index is -0.590. The normalized spacial score (nSPS) is 10.3. The number of ether oxygens (including phenoxy) is 2. The van der Waals surface area contributed by atoms with Gasteiger partial charge in [-0.3, -0.25) is 14.4 Å². The number of anilines is 2. The molecule has 0 atom stereocenters. The van der Waals surface area contributed by atoms with Gasteiger partial charge in [0.15, 0.2) is 6.61 Å². The molecule has 2 amide bonds. The van der Waals surface area contributed by atoms with E-state index in [1.54, 1.807) is 24.3 Å². The second-order valence-corrected chi connectivity index (χ2v) is 7.33. The number of methoxy groups -OCH3 is 1. The molecular weight excluding hydrogens is 455 g/mol. The van der Waals surface area contributed by atoms with Gasteiger partial charge < -0.3 is 20.1 Å². The van der Waals surface area contributed by atoms with Crippen LogP contribution in [0, 0.1) is 0 Å². The second kappa shape index (κ2) is 11.6. The monoisotopic (exact) mass is 472 g/mol. The Kier molecular flexibility index (Phi) is 9.23. The summed E-state index contributed by atoms with van der Waals surface area (Å²) in [7, 11) is 1.48. The van der Waals surface area contributed by atoms with Crippen molar-refractivity contribution in [1.82, 2.24) is 0 Å². The number of carbonyl (C=O) groups excluding carboxylic acids is 3. The maximum Gasteiger partial charge on any atom is 0.306 e. The van der Waals surface area contributed by atoms with Crippen molar-refractivity contribution in [1.29, 1.82) is 0 Å². The first-order chi connectivity index (χ1) is 14.3. The highest BCUT2D eigenvalue weighted by atomic mass is 35.5. The standard InChI is InChI=1S/C20H19Cl3N2O5/c1-29-17-8-5-12(21)9-16(17)25-18(26)3-2-4-20(28)30-11-19(27)24-13-6-7-14(22)15(23)10-13/h5-10H,2-4,11H2,1H3,(H,24,27)(H,25,26). The van der Waals surface area contributed by atoms with Gasteiger partial charge in [-0.2, -0.15) is 0 Å². The molecule has 0 bridgehead atoms. The van der Waals surface area contributed by atoms with Crippen LogP contribution in [0.2, 0.25) is 15.1 Å². The number of benzene rings is 2. The number of carbonyl (C=O) groups is 3. The van der Waals surface area contributed by atoms with Crippen LogP contribution in [0.15, 0.2) is 36.4 Å². The molecule has 0 aliphatic heterocycles. The Bertz CT molecular complexity index is 937. The summed E-state index contributed by atoms with van der Waals surface area (Å²) in [5.74, 6) is -0.944. The van der Waals surface area contributed by atoms with Gasteiger partial charge in [-0.25, -0.2) is 0 Å². The molecule has 2 rings (SSSR count). The molecule has 0 unspecified atom stereocenters. The van der Waals surface area contributed by atoms with Crippen molar-refractivity contribution in [2.24, 2.45) is 0 Å². The molecule has 7 nitrogen and oxygen atoms in total. The van der Waals surface area contributed by atoms with Crippen LogP contribution in [-0.2, 0) is 19.1 Å². The van der Waals surface area contributed by atoms with Gasteiger partial charge in [0.2, 0.25) is 5.91 Å². The summed E-state index contributed by atoms with van der Waals surface area (Å²) in [5.41, 5.74) is 0.870. The SMILES string of the molecule is COc1ccc(Cl)cc1NC(=O)CCCC(=O)OCC(=O)Nc1ccc(Cl)c(Cl)c1. The lowest BCUT2D eigenvalue weighted by Gasteiger charge is -2.10. The van der Waals surface area contributed by atoms with Crippen molar-refractivity contribution < 1.29 is 23.9 Å². The van der Waals surface area contributed by atoms with Gasteiger partial charge in [0.1, 0.15) is 5.75 Å². The third-order valence-electron chi connectivity index (χ3n) is 3.79. The summed E-state index contributed by atoms with van der Waals surface area (Å²) in [5, 5.41) is 6.32. The number of amides is 2. The molecular formula is C20H19Cl3N2O5. The Labute approximate surface area is 188 Å². The molecule has 0 saturated carbocycles. The Morgan fingerprint density at radius 3 is 2.37 bits per heavy atom. The summed E-state index contributed by atoms with van der Waals surface area (Å²) >= 11 is 17.6. The molecule has 0 fully saturated rings. The highest BCUT2D eigenvalue weighted by Gasteiger charge is 2.12. The lowest BCUT2D eigenvalue weighted by molar-refractivity contribution is -0.147. The lowest BCUT2D eigenvalue weighted by atomic mass is 10.2. The minimum absolute atomic E-state index is 0.0137. The summed E-state index contributed by atoms with van der Waals surface area (Å²) in [6.45, 7) is -0.453. The number of halogens is 3. The minimum Gasteiger partial charge on any atom is -0.495 e. The van der Waals surface area contributed by atoms with Gasteiger partial charge in [-0.15, -0.1) is 0 Å². The average molecular weight is 474 g/mol. The predicted octanol–water partition coefficient (Wildman–Crippen LogP) is 4.95. The van der Waals surface area contributed by atoms with Crippen molar-refractivity contribution in [3.8, 4) is 5.75 Å². The Hall–Kier alpha value is -2.48. The zero-order valence-electron chi connectivity index (χ0n) is 16.0. The van der Waals surface area contributed by atoms with Crippen LogP contribution in [0.3, 0.4) is 0 Å². The van der Waals surface area contributed by atoms with Crippen molar-refractivity contribution in [3.63, 3.8) is 0 Å². The smallest absolute Gasteiger partial charge is 0.306 e. The maximum absolute atomic E-state index is 12.0. The maximum atomic E-state index is 12.0. The van der Waals surface area contributed by atoms with Gasteiger partial charge in [-0.1, -0.05) is 34.8 Å². The Morgan fingerprint density at radius 2 is 1.67 bits per heavy atom. The van der Waals surface area contributed by atoms with E-state index >= 15 is 0 Å². The number of hydrogen-bond acceptors (Lipinski definition) is 5. The van der Waals surface area contributed by atoms with E-state index in [2.05, 4.69) is 10.6 Å². The van der Waals surface area contributed by atoms with E-state index in [9.17, 15) is 14.4 Å². The molecule has 0 heterocycles. The Morgan fingerprint density at radius 1 is 0.900 bits per heavy atom. The summed E-state index contributed by atoms with van der Waals surface area (Å²) < 4.78 is 10.1. The van der Waals surface area contributed by atoms with E-state index in [-0.39, 0.29) is 25.2 Å². The van der Waals surface area contributed by atoms with Crippen molar-refractivity contribution in [3.05, 3.63) is 51.5 Å². The quantitative estimate of drug-likeness (QED) is 0.503. The summed E-state index contributed by atoms with van der Waals surface area (Å²) in [4.78, 5) is 35.7. The van der Waals surface area contributed by atoms with Gasteiger partial charge >= 0.3 is 5.97 Å². The first-order valence-corrected chi connectivity index (χ1v) is 9.96. The Balaban J connectivity index is 1.69. The van der Waals surface area contributed by atoms with E-state index in [0.717, 1.165) is 0 Å². The third kappa shape index (κ3) is 7.74. The molecule has 30 heavy (non-hydrogen) atoms. The molecule has 0 spiro atoms. The number of nitrogens with one attached hydrogen (secondary N) is 2. The van der Waals surface area contributed by atoms with Crippen LogP contribution >= 0.6 is 34.8 Å². The van der Waals surface area contributed by atoms with Gasteiger partial charge in [0.25, 0.3) is 5.91 Å². The van der Waals surface area contributed by atoms with Crippen LogP contribution in [0.4, 0.5) is 11.4 Å². The highest BCUT2D eigenvalue weighted by molar-refractivity contribution is 6.42. The van der Waals surface area contributed by atoms with Crippen LogP contribution in [-0.4, -0.2) is 31.5 Å². The largest absolute Gasteiger partial charge is 0.495 e. The van der Waals surface area contributed by atoms with Crippen LogP contribution in [0.25, 0.3) is 0 Å². The van der Waals surface area contributed by atoms with E-state index in [1.165, 1.54) is 19.2 Å². The second-order valence-electron chi connectivity index (χ2n) is 6.08. The molecule has 0 saturated heterocycles. The molecule has 2 N–H and O–H groups in total. The molecule has 160 valence electrons. The van der Waals surface area contributed by atoms with E-state index in [0.29, 0.717) is 32.2 Å². The first kappa shape index (κ1) is 23.8. The topological polar surface area (TPSA) is 93.7 Å². The van der Waals surface area contributed by atoms with Crippen LogP contribution in [0.5, 0.6) is 5.75 Å². The molecule has 0 aromatic heterocycles. The van der Waals surface area contributed by atoms with Gasteiger partial charge in [-0.05, 0) is 42.8 Å². The fraction of sp³-hybridized carbons (Fsp3) is 0.250. The van der Waals surface area contributed by atoms with Crippen LogP contribution < -0.4 is 15.4 Å². The van der Waals surface area contributed by atoms with Gasteiger partial charge in [0, 0.05) is 23.6 Å². The molecule has 2 aromatic carbocycles. The zero-order chi connectivity index (χ0) is 22.1. The fourth-order valence-electron chi connectivity index (χ4n) is 2.37. The first-order valence-electron chi connectivity index (χ1n) is 8.82. The van der Waals surface area contributed by atoms with E-state index in [1.807, 2.05) is 0 Å². The third-order valence-corrected chi connectivity index (χ3v) is 4.76. The summed E-state index contributed by atoms with van der Waals surface area (Å²) in [6, 6.07) is 9.44. The fourth-order valence-corrected chi connectivity index (χ4v) is 2.84. The average Bonchev–Trinajstić information content (AvgIpc) is 2.69. The zero-order valence-corrected chi connectivity index (χ0v) is 18.2. The van der Waals surface area contributed by atoms with Gasteiger partial charge in [0.05, 0.1) is 22.8 Å². The number of rotatable bonds is 9. The molecule has 0 radical (unpaired) electrons. The molecule has 2 aromatic rings. The highest BCUT2D eigenvalue weighted by Crippen LogP contribution is 2.28. The van der Waals surface area contributed by atoms with E-state index in [4.69, 9.17) is 44.3 Å². The van der Waals surface area contributed by atoms with Crippen molar-refractivity contribution >= 4 is 64.0 Å². The van der Waals surface area contributed by atoms with E-state index < -0.39 is 18.5 Å². The number of hydrogen-bond donors (Lipinski definition) is 2. The van der Waals surface area contributed by atoms with Crippen molar-refractivity contribution in [2.75, 3.05) is 24.4 Å². The summed E-state index contributed by atoms with van der Waals surface area (Å²) in [6.07, 6.45) is 0.322. The number of esters is 1. The van der Waals surface area contributed by atoms with Crippen LogP contribution in [0.1, 0.15) is 19.3 Å². The molecule has 0 aliphatic rings. The molecule has 10 heteroatoms. The predicted molar refractivity (Wildman–Crippen MR) is 117 cm³/mol. The molecule has 0 aliphatic carbocycles. The van der Waals surface area contributed by atoms with Crippen molar-refractivity contribution in [2.45, 2.75) is 19.3 Å².